The molecule has 1 aromatic carbocycles. The van der Waals surface area contributed by atoms with Gasteiger partial charge in [-0.05, 0) is 82.3 Å². The summed E-state index contributed by atoms with van der Waals surface area (Å²) < 4.78 is 11.2. The topological polar surface area (TPSA) is 90.1 Å². The van der Waals surface area contributed by atoms with Gasteiger partial charge in [0.25, 0.3) is 5.91 Å². The lowest BCUT2D eigenvalue weighted by Gasteiger charge is -2.55. The van der Waals surface area contributed by atoms with Gasteiger partial charge in [0.15, 0.2) is 0 Å². The Bertz CT molecular complexity index is 1150. The van der Waals surface area contributed by atoms with E-state index >= 15 is 0 Å². The average molecular weight is 465 g/mol. The van der Waals surface area contributed by atoms with Gasteiger partial charge < -0.3 is 9.26 Å². The third-order valence-electron chi connectivity index (χ3n) is 7.82. The number of amides is 1. The van der Waals surface area contributed by atoms with Crippen molar-refractivity contribution in [1.29, 1.82) is 0 Å². The third-order valence-corrected chi connectivity index (χ3v) is 8.91. The van der Waals surface area contributed by atoms with Crippen molar-refractivity contribution < 1.29 is 14.1 Å². The Balaban J connectivity index is 1.18. The molecule has 7 rings (SSSR count). The summed E-state index contributed by atoms with van der Waals surface area (Å²) in [6.45, 7) is 4.03. The number of carbonyl (C=O) groups is 1. The first-order valence-electron chi connectivity index (χ1n) is 11.8. The Morgan fingerprint density at radius 3 is 2.48 bits per heavy atom. The lowest BCUT2D eigenvalue weighted by molar-refractivity contribution is -0.00555. The Morgan fingerprint density at radius 1 is 1.12 bits per heavy atom. The molecule has 7 nitrogen and oxygen atoms in total. The van der Waals surface area contributed by atoms with Crippen LogP contribution in [0.1, 0.15) is 70.9 Å². The second kappa shape index (κ2) is 7.94. The molecule has 4 saturated carbocycles. The van der Waals surface area contributed by atoms with Crippen LogP contribution in [-0.2, 0) is 12.0 Å². The molecule has 8 heteroatoms. The summed E-state index contributed by atoms with van der Waals surface area (Å²) in [6.07, 6.45) is 7.89. The van der Waals surface area contributed by atoms with E-state index in [9.17, 15) is 4.79 Å². The minimum absolute atomic E-state index is 0.185. The largest absolute Gasteiger partial charge is 0.488 e. The Labute approximate surface area is 196 Å². The lowest BCUT2D eigenvalue weighted by Crippen LogP contribution is -2.48. The van der Waals surface area contributed by atoms with Crippen LogP contribution in [0.25, 0.3) is 0 Å². The number of carbonyl (C=O) groups excluding carboxylic acids is 1. The number of hydrogen-bond acceptors (Lipinski definition) is 7. The molecule has 0 saturated heterocycles. The van der Waals surface area contributed by atoms with E-state index in [4.69, 9.17) is 9.26 Å². The van der Waals surface area contributed by atoms with Crippen molar-refractivity contribution in [3.63, 3.8) is 0 Å². The highest BCUT2D eigenvalue weighted by Gasteiger charge is 2.53. The number of ether oxygens (including phenoxy) is 1. The number of hydrogen-bond donors (Lipinski definition) is 1. The molecule has 1 amide bonds. The van der Waals surface area contributed by atoms with E-state index in [1.54, 1.807) is 23.5 Å². The summed E-state index contributed by atoms with van der Waals surface area (Å²) in [5, 5.41) is 17.5. The fraction of sp³-hybridized carbons (Fsp3) is 0.520. The van der Waals surface area contributed by atoms with Gasteiger partial charge in [0, 0.05) is 5.41 Å². The van der Waals surface area contributed by atoms with E-state index in [1.807, 2.05) is 26.0 Å². The first-order valence-corrected chi connectivity index (χ1v) is 12.6. The van der Waals surface area contributed by atoms with Gasteiger partial charge in [0.2, 0.25) is 5.13 Å². The van der Waals surface area contributed by atoms with Gasteiger partial charge in [-0.3, -0.25) is 10.1 Å². The molecule has 0 radical (unpaired) electrons. The van der Waals surface area contributed by atoms with Crippen molar-refractivity contribution >= 4 is 22.4 Å². The maximum Gasteiger partial charge on any atom is 0.261 e. The van der Waals surface area contributed by atoms with Crippen LogP contribution in [0, 0.1) is 31.6 Å². The molecule has 0 spiro atoms. The van der Waals surface area contributed by atoms with Crippen LogP contribution in [0.15, 0.2) is 28.8 Å². The van der Waals surface area contributed by atoms with Gasteiger partial charge in [-0.2, -0.15) is 0 Å². The smallest absolute Gasteiger partial charge is 0.261 e. The molecule has 4 aliphatic carbocycles. The van der Waals surface area contributed by atoms with Gasteiger partial charge in [-0.25, -0.2) is 0 Å². The number of nitrogens with one attached hydrogen (secondary N) is 1. The number of rotatable bonds is 6. The molecular formula is C25H28N4O3S. The molecule has 0 atom stereocenters. The van der Waals surface area contributed by atoms with E-state index < -0.39 is 0 Å². The summed E-state index contributed by atoms with van der Waals surface area (Å²) in [5.41, 5.74) is 2.34. The van der Waals surface area contributed by atoms with Gasteiger partial charge in [0.05, 0.1) is 16.8 Å². The molecule has 2 aromatic heterocycles. The summed E-state index contributed by atoms with van der Waals surface area (Å²) in [4.78, 5) is 13.1. The quantitative estimate of drug-likeness (QED) is 0.522. The minimum atomic E-state index is -0.238. The predicted molar refractivity (Wildman–Crippen MR) is 124 cm³/mol. The van der Waals surface area contributed by atoms with Crippen molar-refractivity contribution in [3.8, 4) is 5.75 Å². The Kier molecular flexibility index (Phi) is 5.01. The van der Waals surface area contributed by atoms with Crippen molar-refractivity contribution in [2.45, 2.75) is 64.4 Å². The van der Waals surface area contributed by atoms with Crippen LogP contribution in [-0.4, -0.2) is 21.3 Å². The third kappa shape index (κ3) is 3.74. The van der Waals surface area contributed by atoms with Crippen LogP contribution in [0.4, 0.5) is 5.13 Å². The molecule has 4 fully saturated rings. The normalized spacial score (nSPS) is 27.6. The number of nitrogens with zero attached hydrogens (tertiary/aromatic N) is 3. The molecule has 172 valence electrons. The zero-order chi connectivity index (χ0) is 22.6. The van der Waals surface area contributed by atoms with Gasteiger partial charge in [-0.15, -0.1) is 10.2 Å². The second-order valence-corrected chi connectivity index (χ2v) is 11.1. The number of anilines is 1. The predicted octanol–water partition coefficient (Wildman–Crippen LogP) is 5.44. The van der Waals surface area contributed by atoms with Gasteiger partial charge in [-0.1, -0.05) is 28.6 Å². The number of aromatic nitrogens is 3. The Hall–Kier alpha value is -2.74. The highest BCUT2D eigenvalue weighted by molar-refractivity contribution is 7.15. The van der Waals surface area contributed by atoms with Crippen LogP contribution >= 0.6 is 11.3 Å². The van der Waals surface area contributed by atoms with Crippen molar-refractivity contribution in [3.05, 3.63) is 51.9 Å². The SMILES string of the molecule is Cc1noc(C)c1COc1ccccc1C(=O)Nc1nnc(C23CC4CC(CC(C4)C2)C3)s1. The second-order valence-electron chi connectivity index (χ2n) is 10.2. The fourth-order valence-electron chi connectivity index (χ4n) is 6.66. The van der Waals surface area contributed by atoms with E-state index in [0.29, 0.717) is 23.1 Å². The highest BCUT2D eigenvalue weighted by atomic mass is 32.1. The van der Waals surface area contributed by atoms with Crippen LogP contribution in [0.3, 0.4) is 0 Å². The summed E-state index contributed by atoms with van der Waals surface area (Å²) >= 11 is 1.55. The fourth-order valence-corrected chi connectivity index (χ4v) is 7.62. The summed E-state index contributed by atoms with van der Waals surface area (Å²) in [5.74, 6) is 3.54. The zero-order valence-corrected chi connectivity index (χ0v) is 19.8. The van der Waals surface area contributed by atoms with Crippen LogP contribution in [0.5, 0.6) is 5.75 Å². The first kappa shape index (κ1) is 20.8. The highest BCUT2D eigenvalue weighted by Crippen LogP contribution is 2.61. The molecule has 0 aliphatic heterocycles. The standard InChI is InChI=1S/C25H28N4O3S/c1-14-20(15(2)32-29-14)13-31-21-6-4-3-5-19(21)22(30)26-24-28-27-23(33-24)25-10-16-7-17(11-25)9-18(8-16)12-25/h3-6,16-18H,7-13H2,1-2H3,(H,26,28,30). The Morgan fingerprint density at radius 2 is 1.82 bits per heavy atom. The van der Waals surface area contributed by atoms with Crippen LogP contribution < -0.4 is 10.1 Å². The van der Waals surface area contributed by atoms with Gasteiger partial charge in [0.1, 0.15) is 23.1 Å². The van der Waals surface area contributed by atoms with Crippen LogP contribution in [0.2, 0.25) is 0 Å². The van der Waals surface area contributed by atoms with Crippen molar-refractivity contribution in [2.75, 3.05) is 5.32 Å². The summed E-state index contributed by atoms with van der Waals surface area (Å²) in [6, 6.07) is 7.25. The summed E-state index contributed by atoms with van der Waals surface area (Å²) in [7, 11) is 0. The molecule has 2 heterocycles. The molecule has 33 heavy (non-hydrogen) atoms. The molecular weight excluding hydrogens is 436 g/mol. The molecule has 0 unspecified atom stereocenters. The monoisotopic (exact) mass is 464 g/mol. The lowest BCUT2D eigenvalue weighted by atomic mass is 9.50. The van der Waals surface area contributed by atoms with E-state index in [1.165, 1.54) is 38.5 Å². The van der Waals surface area contributed by atoms with E-state index in [2.05, 4.69) is 20.7 Å². The molecule has 3 aromatic rings. The maximum absolute atomic E-state index is 13.1. The van der Waals surface area contributed by atoms with E-state index in [0.717, 1.165) is 39.8 Å². The van der Waals surface area contributed by atoms with Crippen molar-refractivity contribution in [2.24, 2.45) is 17.8 Å². The molecule has 4 bridgehead atoms. The molecule has 4 aliphatic rings. The maximum atomic E-state index is 13.1. The average Bonchev–Trinajstić information content (AvgIpc) is 3.38. The van der Waals surface area contributed by atoms with Gasteiger partial charge >= 0.3 is 0 Å². The minimum Gasteiger partial charge on any atom is -0.488 e. The number of aryl methyl sites for hydroxylation is 2. The zero-order valence-electron chi connectivity index (χ0n) is 19.0. The number of para-hydroxylation sites is 1. The van der Waals surface area contributed by atoms with Crippen molar-refractivity contribution in [1.82, 2.24) is 15.4 Å². The number of benzene rings is 1. The first-order chi connectivity index (χ1) is 16.0. The molecule has 1 N–H and O–H groups in total. The van der Waals surface area contributed by atoms with E-state index in [-0.39, 0.29) is 11.3 Å².